The first kappa shape index (κ1) is 20.0. The van der Waals surface area contributed by atoms with Crippen molar-refractivity contribution in [3.63, 3.8) is 0 Å². The molecule has 154 valence electrons. The molecule has 4 N–H and O–H groups in total. The number of fused-ring (bicyclic) bond motifs is 1. The third-order valence-electron chi connectivity index (χ3n) is 4.23. The summed E-state index contributed by atoms with van der Waals surface area (Å²) in [6.07, 6.45) is 1.69. The lowest BCUT2D eigenvalue weighted by molar-refractivity contribution is 0.415. The van der Waals surface area contributed by atoms with E-state index in [1.165, 1.54) is 23.5 Å². The van der Waals surface area contributed by atoms with E-state index in [1.807, 2.05) is 25.1 Å². The topological polar surface area (TPSA) is 132 Å². The second-order valence-corrected chi connectivity index (χ2v) is 8.99. The Balaban J connectivity index is 1.56. The number of benzene rings is 2. The number of nitrogens with one attached hydrogen (secondary N) is 2. The van der Waals surface area contributed by atoms with E-state index in [1.54, 1.807) is 25.4 Å². The molecule has 4 rings (SSSR count). The highest BCUT2D eigenvalue weighted by atomic mass is 32.2. The lowest BCUT2D eigenvalue weighted by atomic mass is 10.3. The van der Waals surface area contributed by atoms with Gasteiger partial charge in [-0.15, -0.1) is 0 Å². The van der Waals surface area contributed by atoms with E-state index in [9.17, 15) is 8.42 Å². The van der Waals surface area contributed by atoms with E-state index in [-0.39, 0.29) is 4.90 Å². The molecule has 11 heteroatoms. The maximum atomic E-state index is 11.4. The van der Waals surface area contributed by atoms with Crippen LogP contribution < -0.4 is 20.5 Å². The van der Waals surface area contributed by atoms with Crippen molar-refractivity contribution in [3.05, 3.63) is 54.2 Å². The zero-order valence-electron chi connectivity index (χ0n) is 16.1. The van der Waals surface area contributed by atoms with Crippen molar-refractivity contribution < 1.29 is 13.2 Å². The number of hydrogen-bond acceptors (Lipinski definition) is 9. The Morgan fingerprint density at radius 1 is 1.07 bits per heavy atom. The molecule has 30 heavy (non-hydrogen) atoms. The smallest absolute Gasteiger partial charge is 0.238 e. The van der Waals surface area contributed by atoms with E-state index in [0.29, 0.717) is 22.6 Å². The minimum atomic E-state index is -3.74. The first-order valence-electron chi connectivity index (χ1n) is 8.77. The van der Waals surface area contributed by atoms with Gasteiger partial charge in [-0.2, -0.15) is 4.98 Å². The van der Waals surface area contributed by atoms with Crippen LogP contribution in [0.4, 0.5) is 22.6 Å². The van der Waals surface area contributed by atoms with Crippen LogP contribution in [0.3, 0.4) is 0 Å². The monoisotopic (exact) mass is 442 g/mol. The third-order valence-corrected chi connectivity index (χ3v) is 6.09. The third kappa shape index (κ3) is 4.32. The molecule has 0 amide bonds. The van der Waals surface area contributed by atoms with Crippen LogP contribution in [0.5, 0.6) is 5.75 Å². The molecular weight excluding hydrogens is 424 g/mol. The van der Waals surface area contributed by atoms with Gasteiger partial charge in [0.25, 0.3) is 0 Å². The molecule has 0 unspecified atom stereocenters. The van der Waals surface area contributed by atoms with Gasteiger partial charge in [-0.1, -0.05) is 11.3 Å². The van der Waals surface area contributed by atoms with Crippen LogP contribution >= 0.6 is 11.3 Å². The molecule has 0 bridgehead atoms. The number of nitrogens with zero attached hydrogens (tertiary/aromatic N) is 3. The van der Waals surface area contributed by atoms with Crippen molar-refractivity contribution in [2.45, 2.75) is 11.8 Å². The highest BCUT2D eigenvalue weighted by Crippen LogP contribution is 2.31. The first-order valence-corrected chi connectivity index (χ1v) is 11.1. The molecular formula is C19H18N6O3S2. The van der Waals surface area contributed by atoms with Crippen LogP contribution in [0.2, 0.25) is 0 Å². The highest BCUT2D eigenvalue weighted by Gasteiger charge is 2.11. The van der Waals surface area contributed by atoms with Gasteiger partial charge in [-0.05, 0) is 49.4 Å². The fraction of sp³-hybridized carbons (Fsp3) is 0.105. The Kier molecular flexibility index (Phi) is 5.24. The number of primary sulfonamides is 1. The molecule has 0 aliphatic carbocycles. The van der Waals surface area contributed by atoms with Gasteiger partial charge in [0.05, 0.1) is 22.2 Å². The maximum Gasteiger partial charge on any atom is 0.238 e. The number of methoxy groups -OCH3 is 1. The summed E-state index contributed by atoms with van der Waals surface area (Å²) in [5.74, 6) is 1.74. The number of hydrogen-bond donors (Lipinski definition) is 3. The largest absolute Gasteiger partial charge is 0.497 e. The maximum absolute atomic E-state index is 11.4. The Hall–Kier alpha value is -3.28. The van der Waals surface area contributed by atoms with Crippen LogP contribution in [0, 0.1) is 6.92 Å². The molecule has 9 nitrogen and oxygen atoms in total. The van der Waals surface area contributed by atoms with Gasteiger partial charge < -0.3 is 15.4 Å². The Morgan fingerprint density at radius 3 is 2.53 bits per heavy atom. The standard InChI is InChI=1S/C19H18N6O3S2/c1-11-10-21-18(22-12-3-6-14(7-4-12)30(20,26)27)24-17(11)25-19-23-15-8-5-13(28-2)9-16(15)29-19/h3-10H,1-2H3,(H2,20,26,27)(H2,21,22,23,24,25). The van der Waals surface area contributed by atoms with Crippen LogP contribution in [-0.4, -0.2) is 30.5 Å². The quantitative estimate of drug-likeness (QED) is 0.413. The summed E-state index contributed by atoms with van der Waals surface area (Å²) in [6, 6.07) is 11.7. The van der Waals surface area contributed by atoms with Crippen LogP contribution in [0.25, 0.3) is 10.2 Å². The average molecular weight is 443 g/mol. The van der Waals surface area contributed by atoms with Crippen molar-refractivity contribution in [3.8, 4) is 5.75 Å². The molecule has 0 radical (unpaired) electrons. The van der Waals surface area contributed by atoms with Gasteiger partial charge in [0.2, 0.25) is 16.0 Å². The Morgan fingerprint density at radius 2 is 1.83 bits per heavy atom. The van der Waals surface area contributed by atoms with Crippen molar-refractivity contribution in [1.82, 2.24) is 15.0 Å². The summed E-state index contributed by atoms with van der Waals surface area (Å²) in [4.78, 5) is 13.4. The predicted molar refractivity (Wildman–Crippen MR) is 117 cm³/mol. The van der Waals surface area contributed by atoms with Crippen LogP contribution in [-0.2, 0) is 10.0 Å². The van der Waals surface area contributed by atoms with Gasteiger partial charge in [-0.25, -0.2) is 23.5 Å². The minimum absolute atomic E-state index is 0.0349. The SMILES string of the molecule is COc1ccc2nc(Nc3nc(Nc4ccc(S(N)(=O)=O)cc4)ncc3C)sc2c1. The zero-order valence-corrected chi connectivity index (χ0v) is 17.7. The molecule has 2 aromatic carbocycles. The Labute approximate surface area is 177 Å². The van der Waals surface area contributed by atoms with E-state index in [4.69, 9.17) is 9.88 Å². The number of nitrogens with two attached hydrogens (primary N) is 1. The molecule has 0 saturated carbocycles. The average Bonchev–Trinajstić information content (AvgIpc) is 3.11. The fourth-order valence-electron chi connectivity index (χ4n) is 2.67. The van der Waals surface area contributed by atoms with Crippen molar-refractivity contribution >= 4 is 54.2 Å². The lowest BCUT2D eigenvalue weighted by Crippen LogP contribution is -2.11. The van der Waals surface area contributed by atoms with Gasteiger partial charge >= 0.3 is 0 Å². The predicted octanol–water partition coefficient (Wildman–Crippen LogP) is 3.54. The van der Waals surface area contributed by atoms with Crippen LogP contribution in [0.1, 0.15) is 5.56 Å². The summed E-state index contributed by atoms with van der Waals surface area (Å²) in [6.45, 7) is 1.89. The van der Waals surface area contributed by atoms with Crippen molar-refractivity contribution in [2.75, 3.05) is 17.7 Å². The molecule has 0 atom stereocenters. The van der Waals surface area contributed by atoms with Crippen molar-refractivity contribution in [1.29, 1.82) is 0 Å². The molecule has 2 aromatic heterocycles. The summed E-state index contributed by atoms with van der Waals surface area (Å²) in [5.41, 5.74) is 2.34. The number of ether oxygens (including phenoxy) is 1. The van der Waals surface area contributed by atoms with E-state index in [2.05, 4.69) is 25.6 Å². The van der Waals surface area contributed by atoms with Gasteiger partial charge in [-0.3, -0.25) is 0 Å². The van der Waals surface area contributed by atoms with Gasteiger partial charge in [0.1, 0.15) is 11.6 Å². The second kappa shape index (κ2) is 7.86. The number of sulfonamides is 1. The molecule has 0 spiro atoms. The normalized spacial score (nSPS) is 11.4. The molecule has 0 aliphatic heterocycles. The summed E-state index contributed by atoms with van der Waals surface area (Å²) in [5, 5.41) is 12.1. The van der Waals surface area contributed by atoms with Crippen molar-refractivity contribution in [2.24, 2.45) is 5.14 Å². The number of rotatable bonds is 6. The van der Waals surface area contributed by atoms with Crippen LogP contribution in [0.15, 0.2) is 53.6 Å². The van der Waals surface area contributed by atoms with E-state index >= 15 is 0 Å². The summed E-state index contributed by atoms with van der Waals surface area (Å²) >= 11 is 1.49. The lowest BCUT2D eigenvalue weighted by Gasteiger charge is -2.09. The van der Waals surface area contributed by atoms with Gasteiger partial charge in [0, 0.05) is 17.4 Å². The molecule has 0 saturated heterocycles. The molecule has 4 aromatic rings. The highest BCUT2D eigenvalue weighted by molar-refractivity contribution is 7.89. The van der Waals surface area contributed by atoms with E-state index in [0.717, 1.165) is 21.5 Å². The minimum Gasteiger partial charge on any atom is -0.497 e. The first-order chi connectivity index (χ1) is 14.3. The Bertz CT molecular complexity index is 1320. The second-order valence-electron chi connectivity index (χ2n) is 6.40. The fourth-order valence-corrected chi connectivity index (χ4v) is 4.08. The molecule has 0 fully saturated rings. The summed E-state index contributed by atoms with van der Waals surface area (Å²) in [7, 11) is -2.11. The molecule has 0 aliphatic rings. The zero-order chi connectivity index (χ0) is 21.3. The number of aryl methyl sites for hydroxylation is 1. The number of aromatic nitrogens is 3. The summed E-state index contributed by atoms with van der Waals surface area (Å²) < 4.78 is 29.0. The van der Waals surface area contributed by atoms with Gasteiger partial charge in [0.15, 0.2) is 5.13 Å². The number of anilines is 4. The molecule has 2 heterocycles. The van der Waals surface area contributed by atoms with E-state index < -0.39 is 10.0 Å². The number of thiazole rings is 1.